The predicted molar refractivity (Wildman–Crippen MR) is 145 cm³/mol. The summed E-state index contributed by atoms with van der Waals surface area (Å²) in [5.41, 5.74) is 5.25. The monoisotopic (exact) mass is 552 g/mol. The first-order valence-electron chi connectivity index (χ1n) is 12.6. The lowest BCUT2D eigenvalue weighted by Gasteiger charge is -2.40. The number of nitriles is 1. The predicted octanol–water partition coefficient (Wildman–Crippen LogP) is 5.27. The van der Waals surface area contributed by atoms with E-state index in [4.69, 9.17) is 0 Å². The number of halogens is 3. The van der Waals surface area contributed by atoms with Gasteiger partial charge in [-0.25, -0.2) is 9.97 Å². The lowest BCUT2D eigenvalue weighted by molar-refractivity contribution is -0.126. The molecule has 0 radical (unpaired) electrons. The summed E-state index contributed by atoms with van der Waals surface area (Å²) in [6.07, 6.45) is 0.919. The van der Waals surface area contributed by atoms with E-state index in [2.05, 4.69) is 57.2 Å². The van der Waals surface area contributed by atoms with Crippen LogP contribution in [0.5, 0.6) is 0 Å². The molecule has 0 bridgehead atoms. The highest BCUT2D eigenvalue weighted by Gasteiger charge is 2.32. The van der Waals surface area contributed by atoms with Crippen molar-refractivity contribution in [1.82, 2.24) is 20.2 Å². The Morgan fingerprint density at radius 1 is 1.36 bits per heavy atom. The smallest absolute Gasteiger partial charge is 0.367 e. The number of thiophene rings is 1. The lowest BCUT2D eigenvalue weighted by Crippen LogP contribution is -2.54. The molecule has 5 rings (SSSR count). The van der Waals surface area contributed by atoms with Crippen molar-refractivity contribution in [2.75, 3.05) is 11.9 Å². The average molecular weight is 553 g/mol. The largest absolute Gasteiger partial charge is 0.393 e. The highest BCUT2D eigenvalue weighted by atomic mass is 32.1. The van der Waals surface area contributed by atoms with Gasteiger partial charge in [-0.2, -0.15) is 18.4 Å². The SMILES string of the molecule is C=CC(=O)NC1CC(Nc2ncnc3sc(CC(F)(F)F)cc23)CCN1Cc1ccc2c(c1C)C=C(C#N)C2. The molecule has 0 spiro atoms. The number of amides is 1. The number of hydrogen-bond donors (Lipinski definition) is 2. The van der Waals surface area contributed by atoms with Gasteiger partial charge >= 0.3 is 6.18 Å². The van der Waals surface area contributed by atoms with Crippen molar-refractivity contribution in [3.63, 3.8) is 0 Å². The number of carbonyl (C=O) groups is 1. The number of benzene rings is 1. The Bertz CT molecular complexity index is 1510. The third kappa shape index (κ3) is 5.97. The molecule has 202 valence electrons. The fourth-order valence-corrected chi connectivity index (χ4v) is 6.31. The van der Waals surface area contributed by atoms with E-state index in [0.717, 1.165) is 45.6 Å². The number of carbonyl (C=O) groups excluding carboxylic acids is 1. The van der Waals surface area contributed by atoms with E-state index < -0.39 is 12.6 Å². The van der Waals surface area contributed by atoms with Crippen molar-refractivity contribution in [3.05, 3.63) is 69.9 Å². The van der Waals surface area contributed by atoms with Gasteiger partial charge in [-0.15, -0.1) is 11.3 Å². The highest BCUT2D eigenvalue weighted by Crippen LogP contribution is 2.34. The molecular formula is C28H27F3N6OS. The Morgan fingerprint density at radius 3 is 2.92 bits per heavy atom. The first-order valence-corrected chi connectivity index (χ1v) is 13.4. The fourth-order valence-electron chi connectivity index (χ4n) is 5.28. The summed E-state index contributed by atoms with van der Waals surface area (Å²) in [5.74, 6) is 0.212. The van der Waals surface area contributed by atoms with E-state index >= 15 is 0 Å². The average Bonchev–Trinajstić information content (AvgIpc) is 3.50. The number of aromatic nitrogens is 2. The number of piperidine rings is 1. The van der Waals surface area contributed by atoms with Crippen LogP contribution in [-0.2, 0) is 24.2 Å². The minimum Gasteiger partial charge on any atom is -0.367 e. The van der Waals surface area contributed by atoms with E-state index in [-0.39, 0.29) is 23.0 Å². The Kier molecular flexibility index (Phi) is 7.42. The van der Waals surface area contributed by atoms with Gasteiger partial charge in [-0.3, -0.25) is 9.69 Å². The number of nitrogens with zero attached hydrogens (tertiary/aromatic N) is 4. The number of alkyl halides is 3. The van der Waals surface area contributed by atoms with Crippen LogP contribution >= 0.6 is 11.3 Å². The van der Waals surface area contributed by atoms with Crippen molar-refractivity contribution in [3.8, 4) is 6.07 Å². The number of rotatable bonds is 7. The summed E-state index contributed by atoms with van der Waals surface area (Å²) in [7, 11) is 0. The zero-order valence-electron chi connectivity index (χ0n) is 21.3. The second kappa shape index (κ2) is 10.8. The Hall–Kier alpha value is -3.75. The van der Waals surface area contributed by atoms with Gasteiger partial charge in [-0.05, 0) is 53.8 Å². The van der Waals surface area contributed by atoms with Gasteiger partial charge in [-0.1, -0.05) is 18.7 Å². The summed E-state index contributed by atoms with van der Waals surface area (Å²) in [6, 6.07) is 7.84. The molecule has 11 heteroatoms. The maximum Gasteiger partial charge on any atom is 0.393 e. The second-order valence-corrected chi connectivity index (χ2v) is 11.0. The van der Waals surface area contributed by atoms with Crippen molar-refractivity contribution in [1.29, 1.82) is 5.26 Å². The molecule has 1 aromatic carbocycles. The van der Waals surface area contributed by atoms with Crippen LogP contribution in [0.4, 0.5) is 19.0 Å². The minimum atomic E-state index is -4.29. The topological polar surface area (TPSA) is 93.9 Å². The first kappa shape index (κ1) is 26.8. The van der Waals surface area contributed by atoms with Crippen LogP contribution in [0.3, 0.4) is 0 Å². The molecular weight excluding hydrogens is 525 g/mol. The van der Waals surface area contributed by atoms with Crippen molar-refractivity contribution >= 4 is 39.4 Å². The van der Waals surface area contributed by atoms with Gasteiger partial charge < -0.3 is 10.6 Å². The standard InChI is InChI=1S/C28H27F3N6OS/c1-3-25(38)36-24-10-20(35-26-23-11-21(12-28(29,30)31)39-27(23)34-15-33-26)6-7-37(24)14-19-5-4-18-8-17(13-32)9-22(18)16(19)2/h3-5,9,11,15,20,24H,1,6-8,10,12,14H2,2H3,(H,36,38)(H,33,34,35). The van der Waals surface area contributed by atoms with Crippen molar-refractivity contribution in [2.45, 2.75) is 57.5 Å². The Labute approximate surface area is 228 Å². The molecule has 2 aliphatic rings. The summed E-state index contributed by atoms with van der Waals surface area (Å²) in [5, 5.41) is 16.3. The molecule has 7 nitrogen and oxygen atoms in total. The molecule has 2 atom stereocenters. The summed E-state index contributed by atoms with van der Waals surface area (Å²) < 4.78 is 38.8. The van der Waals surface area contributed by atoms with Gasteiger partial charge in [0.2, 0.25) is 5.91 Å². The zero-order chi connectivity index (χ0) is 27.7. The molecule has 39 heavy (non-hydrogen) atoms. The number of likely N-dealkylation sites (tertiary alicyclic amines) is 1. The van der Waals surface area contributed by atoms with E-state index in [0.29, 0.717) is 42.0 Å². The van der Waals surface area contributed by atoms with Crippen LogP contribution in [0, 0.1) is 18.3 Å². The maximum absolute atomic E-state index is 12.9. The van der Waals surface area contributed by atoms with Crippen LogP contribution in [0.1, 0.15) is 40.0 Å². The van der Waals surface area contributed by atoms with Crippen molar-refractivity contribution in [2.24, 2.45) is 0 Å². The van der Waals surface area contributed by atoms with E-state index in [1.54, 1.807) is 0 Å². The summed E-state index contributed by atoms with van der Waals surface area (Å²) in [4.78, 5) is 23.7. The Balaban J connectivity index is 1.34. The highest BCUT2D eigenvalue weighted by molar-refractivity contribution is 7.18. The molecule has 2 aromatic heterocycles. The number of anilines is 1. The van der Waals surface area contributed by atoms with Gasteiger partial charge in [0, 0.05) is 42.4 Å². The lowest BCUT2D eigenvalue weighted by atomic mass is 9.96. The molecule has 2 unspecified atom stereocenters. The number of allylic oxidation sites excluding steroid dienone is 1. The maximum atomic E-state index is 12.9. The number of fused-ring (bicyclic) bond motifs is 2. The normalized spacial score (nSPS) is 19.3. The quantitative estimate of drug-likeness (QED) is 0.388. The van der Waals surface area contributed by atoms with Crippen molar-refractivity contribution < 1.29 is 18.0 Å². The van der Waals surface area contributed by atoms with Crippen LogP contribution in [-0.4, -0.2) is 45.7 Å². The molecule has 1 fully saturated rings. The fraction of sp³-hybridized carbons (Fsp3) is 0.357. The zero-order valence-corrected chi connectivity index (χ0v) is 22.1. The van der Waals surface area contributed by atoms with Crippen LogP contribution in [0.15, 0.2) is 42.8 Å². The summed E-state index contributed by atoms with van der Waals surface area (Å²) >= 11 is 1.02. The van der Waals surface area contributed by atoms with Gasteiger partial charge in [0.15, 0.2) is 0 Å². The number of hydrogen-bond acceptors (Lipinski definition) is 7. The molecule has 0 saturated carbocycles. The number of nitrogens with one attached hydrogen (secondary N) is 2. The van der Waals surface area contributed by atoms with Gasteiger partial charge in [0.05, 0.1) is 24.0 Å². The molecule has 3 aromatic rings. The van der Waals surface area contributed by atoms with E-state index in [9.17, 15) is 23.2 Å². The molecule has 1 amide bonds. The van der Waals surface area contributed by atoms with Gasteiger partial charge in [0.25, 0.3) is 0 Å². The molecule has 1 aliphatic carbocycles. The molecule has 1 aliphatic heterocycles. The molecule has 3 heterocycles. The molecule has 1 saturated heterocycles. The molecule has 2 N–H and O–H groups in total. The van der Waals surface area contributed by atoms with Crippen LogP contribution in [0.2, 0.25) is 0 Å². The first-order chi connectivity index (χ1) is 18.6. The third-order valence-electron chi connectivity index (χ3n) is 7.24. The summed E-state index contributed by atoms with van der Waals surface area (Å²) in [6.45, 7) is 6.93. The third-order valence-corrected chi connectivity index (χ3v) is 8.28. The minimum absolute atomic E-state index is 0.0670. The van der Waals surface area contributed by atoms with E-state index in [1.165, 1.54) is 18.5 Å². The van der Waals surface area contributed by atoms with Crippen LogP contribution < -0.4 is 10.6 Å². The van der Waals surface area contributed by atoms with Crippen LogP contribution in [0.25, 0.3) is 16.3 Å². The van der Waals surface area contributed by atoms with Gasteiger partial charge in [0.1, 0.15) is 17.0 Å². The second-order valence-electron chi connectivity index (χ2n) is 9.89. The van der Waals surface area contributed by atoms with E-state index in [1.807, 2.05) is 6.08 Å². The Morgan fingerprint density at radius 2 is 2.18 bits per heavy atom.